The molecule has 0 fully saturated rings. The van der Waals surface area contributed by atoms with E-state index in [1.807, 2.05) is 11.5 Å². The molecule has 0 aromatic carbocycles. The maximum Gasteiger partial charge on any atom is 0.356 e. The van der Waals surface area contributed by atoms with Crippen molar-refractivity contribution in [2.75, 3.05) is 7.11 Å². The summed E-state index contributed by atoms with van der Waals surface area (Å²) in [7, 11) is 1.39. The molecule has 0 aliphatic heterocycles. The highest BCUT2D eigenvalue weighted by molar-refractivity contribution is 5.87. The van der Waals surface area contributed by atoms with Crippen molar-refractivity contribution in [1.29, 1.82) is 0 Å². The van der Waals surface area contributed by atoms with Gasteiger partial charge in [0.05, 0.1) is 13.3 Å². The second-order valence-electron chi connectivity index (χ2n) is 4.37. The number of aromatic nitrogens is 2. The van der Waals surface area contributed by atoms with Crippen LogP contribution in [0.15, 0.2) is 6.20 Å². The molecule has 1 heterocycles. The first-order chi connectivity index (χ1) is 7.56. The third kappa shape index (κ3) is 3.08. The van der Waals surface area contributed by atoms with Gasteiger partial charge in [0.25, 0.3) is 0 Å². The van der Waals surface area contributed by atoms with E-state index in [1.54, 1.807) is 6.20 Å². The van der Waals surface area contributed by atoms with Gasteiger partial charge in [-0.2, -0.15) is 0 Å². The lowest BCUT2D eigenvalue weighted by Crippen LogP contribution is -2.12. The van der Waals surface area contributed by atoms with Gasteiger partial charge in [-0.3, -0.25) is 0 Å². The number of hydrogen-bond acceptors (Lipinski definition) is 3. The predicted molar refractivity (Wildman–Crippen MR) is 62.4 cm³/mol. The third-order valence-corrected chi connectivity index (χ3v) is 2.61. The fraction of sp³-hybridized carbons (Fsp3) is 0.667. The number of ether oxygens (including phenoxy) is 1. The maximum absolute atomic E-state index is 11.5. The molecule has 1 rings (SSSR count). The molecule has 0 N–H and O–H groups in total. The summed E-state index contributed by atoms with van der Waals surface area (Å²) < 4.78 is 6.64. The Kier molecular flexibility index (Phi) is 4.52. The van der Waals surface area contributed by atoms with Crippen LogP contribution < -0.4 is 0 Å². The number of aryl methyl sites for hydroxylation is 1. The molecule has 0 radical (unpaired) electrons. The van der Waals surface area contributed by atoms with E-state index in [2.05, 4.69) is 18.8 Å². The summed E-state index contributed by atoms with van der Waals surface area (Å²) in [6.45, 7) is 7.13. The number of hydrogen-bond donors (Lipinski definition) is 0. The second-order valence-corrected chi connectivity index (χ2v) is 4.37. The van der Waals surface area contributed by atoms with Crippen molar-refractivity contribution in [3.63, 3.8) is 0 Å². The Balaban J connectivity index is 2.70. The Morgan fingerprint density at radius 2 is 2.25 bits per heavy atom. The van der Waals surface area contributed by atoms with E-state index < -0.39 is 0 Å². The summed E-state index contributed by atoms with van der Waals surface area (Å²) in [6, 6.07) is 0. The van der Waals surface area contributed by atoms with Crippen molar-refractivity contribution in [3.05, 3.63) is 17.7 Å². The topological polar surface area (TPSA) is 44.1 Å². The molecule has 4 nitrogen and oxygen atoms in total. The van der Waals surface area contributed by atoms with Gasteiger partial charge in [0.1, 0.15) is 11.5 Å². The molecule has 0 aliphatic rings. The van der Waals surface area contributed by atoms with Crippen LogP contribution in [0.25, 0.3) is 0 Å². The van der Waals surface area contributed by atoms with Crippen LogP contribution >= 0.6 is 0 Å². The molecule has 0 saturated carbocycles. The van der Waals surface area contributed by atoms with Gasteiger partial charge in [0.2, 0.25) is 0 Å². The Labute approximate surface area is 96.6 Å². The molecular formula is C12H20N2O2. The maximum atomic E-state index is 11.5. The van der Waals surface area contributed by atoms with E-state index in [1.165, 1.54) is 7.11 Å². The average molecular weight is 224 g/mol. The van der Waals surface area contributed by atoms with Crippen molar-refractivity contribution in [2.45, 2.75) is 40.2 Å². The summed E-state index contributed by atoms with van der Waals surface area (Å²) >= 11 is 0. The smallest absolute Gasteiger partial charge is 0.356 e. The monoisotopic (exact) mass is 224 g/mol. The molecule has 0 amide bonds. The van der Waals surface area contributed by atoms with E-state index >= 15 is 0 Å². The minimum Gasteiger partial charge on any atom is -0.464 e. The average Bonchev–Trinajstić information content (AvgIpc) is 2.59. The molecule has 0 atom stereocenters. The fourth-order valence-corrected chi connectivity index (χ4v) is 1.68. The zero-order valence-electron chi connectivity index (χ0n) is 10.5. The SMILES string of the molecule is COC(=O)c1cnc(C)n1CCCC(C)C. The normalized spacial score (nSPS) is 10.8. The van der Waals surface area contributed by atoms with Crippen LogP contribution in [0.2, 0.25) is 0 Å². The van der Waals surface area contributed by atoms with Crippen LogP contribution in [0, 0.1) is 12.8 Å². The zero-order valence-corrected chi connectivity index (χ0v) is 10.5. The molecule has 16 heavy (non-hydrogen) atoms. The Bertz CT molecular complexity index is 356. The number of esters is 1. The summed E-state index contributed by atoms with van der Waals surface area (Å²) in [5.41, 5.74) is 0.545. The standard InChI is InChI=1S/C12H20N2O2/c1-9(2)6-5-7-14-10(3)13-8-11(14)12(15)16-4/h8-9H,5-7H2,1-4H3. The largest absolute Gasteiger partial charge is 0.464 e. The van der Waals surface area contributed by atoms with Crippen molar-refractivity contribution in [2.24, 2.45) is 5.92 Å². The first-order valence-electron chi connectivity index (χ1n) is 5.66. The van der Waals surface area contributed by atoms with Crippen molar-refractivity contribution in [3.8, 4) is 0 Å². The zero-order chi connectivity index (χ0) is 12.1. The molecule has 1 aromatic rings. The molecular weight excluding hydrogens is 204 g/mol. The minimum absolute atomic E-state index is 0.315. The number of imidazole rings is 1. The second kappa shape index (κ2) is 5.68. The number of carbonyl (C=O) groups is 1. The Hall–Kier alpha value is -1.32. The predicted octanol–water partition coefficient (Wildman–Crippen LogP) is 2.41. The highest BCUT2D eigenvalue weighted by Crippen LogP contribution is 2.11. The molecule has 0 saturated heterocycles. The molecule has 0 unspecified atom stereocenters. The number of nitrogens with zero attached hydrogens (tertiary/aromatic N) is 2. The van der Waals surface area contributed by atoms with Crippen molar-refractivity contribution in [1.82, 2.24) is 9.55 Å². The Morgan fingerprint density at radius 3 is 2.81 bits per heavy atom. The van der Waals surface area contributed by atoms with Gasteiger partial charge in [-0.15, -0.1) is 0 Å². The van der Waals surface area contributed by atoms with Gasteiger partial charge in [0.15, 0.2) is 0 Å². The number of methoxy groups -OCH3 is 1. The van der Waals surface area contributed by atoms with Crippen LogP contribution in [-0.4, -0.2) is 22.6 Å². The molecule has 90 valence electrons. The summed E-state index contributed by atoms with van der Waals surface area (Å²) in [4.78, 5) is 15.6. The van der Waals surface area contributed by atoms with Crippen LogP contribution in [0.1, 0.15) is 43.0 Å². The van der Waals surface area contributed by atoms with Gasteiger partial charge in [-0.05, 0) is 25.7 Å². The van der Waals surface area contributed by atoms with Crippen molar-refractivity contribution < 1.29 is 9.53 Å². The third-order valence-electron chi connectivity index (χ3n) is 2.61. The molecule has 0 bridgehead atoms. The summed E-state index contributed by atoms with van der Waals surface area (Å²) in [5.74, 6) is 1.24. The lowest BCUT2D eigenvalue weighted by atomic mass is 10.1. The van der Waals surface area contributed by atoms with Gasteiger partial charge in [-0.25, -0.2) is 9.78 Å². The van der Waals surface area contributed by atoms with Gasteiger partial charge >= 0.3 is 5.97 Å². The summed E-state index contributed by atoms with van der Waals surface area (Å²) in [5, 5.41) is 0. The van der Waals surface area contributed by atoms with E-state index in [0.29, 0.717) is 11.6 Å². The van der Waals surface area contributed by atoms with Gasteiger partial charge < -0.3 is 9.30 Å². The van der Waals surface area contributed by atoms with Crippen molar-refractivity contribution >= 4 is 5.97 Å². The van der Waals surface area contributed by atoms with E-state index in [9.17, 15) is 4.79 Å². The number of rotatable bonds is 5. The fourth-order valence-electron chi connectivity index (χ4n) is 1.68. The lowest BCUT2D eigenvalue weighted by Gasteiger charge is -2.10. The lowest BCUT2D eigenvalue weighted by molar-refractivity contribution is 0.0588. The first kappa shape index (κ1) is 12.7. The van der Waals surface area contributed by atoms with E-state index in [0.717, 1.165) is 25.2 Å². The molecule has 0 aliphatic carbocycles. The van der Waals surface area contributed by atoms with Gasteiger partial charge in [-0.1, -0.05) is 13.8 Å². The van der Waals surface area contributed by atoms with Gasteiger partial charge in [0, 0.05) is 6.54 Å². The number of carbonyl (C=O) groups excluding carboxylic acids is 1. The van der Waals surface area contributed by atoms with Crippen LogP contribution in [0.3, 0.4) is 0 Å². The highest BCUT2D eigenvalue weighted by atomic mass is 16.5. The highest BCUT2D eigenvalue weighted by Gasteiger charge is 2.14. The summed E-state index contributed by atoms with van der Waals surface area (Å²) in [6.07, 6.45) is 3.79. The quantitative estimate of drug-likeness (QED) is 0.721. The molecule has 0 spiro atoms. The van der Waals surface area contributed by atoms with Crippen LogP contribution in [0.4, 0.5) is 0 Å². The van der Waals surface area contributed by atoms with E-state index in [-0.39, 0.29) is 5.97 Å². The minimum atomic E-state index is -0.315. The van der Waals surface area contributed by atoms with Crippen LogP contribution in [-0.2, 0) is 11.3 Å². The van der Waals surface area contributed by atoms with E-state index in [4.69, 9.17) is 4.74 Å². The Morgan fingerprint density at radius 1 is 1.56 bits per heavy atom. The van der Waals surface area contributed by atoms with Crippen LogP contribution in [0.5, 0.6) is 0 Å². The molecule has 4 heteroatoms. The first-order valence-corrected chi connectivity index (χ1v) is 5.66. The molecule has 1 aromatic heterocycles.